The molecule has 2 aliphatic heterocycles. The van der Waals surface area contributed by atoms with Crippen LogP contribution in [0.1, 0.15) is 19.8 Å². The summed E-state index contributed by atoms with van der Waals surface area (Å²) in [5, 5.41) is -0.164. The Morgan fingerprint density at radius 3 is 2.27 bits per heavy atom. The zero-order valence-electron chi connectivity index (χ0n) is 16.7. The zero-order valence-corrected chi connectivity index (χ0v) is 18.3. The van der Waals surface area contributed by atoms with Gasteiger partial charge in [-0.2, -0.15) is 4.31 Å². The van der Waals surface area contributed by atoms with E-state index in [0.717, 1.165) is 18.2 Å². The highest BCUT2D eigenvalue weighted by molar-refractivity contribution is 7.89. The number of benzene rings is 1. The van der Waals surface area contributed by atoms with E-state index in [2.05, 4.69) is 0 Å². The lowest BCUT2D eigenvalue weighted by Crippen LogP contribution is -2.55. The Hall–Kier alpha value is -1.75. The molecule has 0 saturated carbocycles. The van der Waals surface area contributed by atoms with Gasteiger partial charge in [-0.3, -0.25) is 4.79 Å². The standard InChI is InChI=1S/C19H25ClFN3O5S/c1-14(25)13-29-16-4-6-22(7-5-16)19(26)23-8-10-24(11-9-23)30(27,28)18-3-2-15(21)12-17(18)20/h2-3,12,16H,4-11,13H2,1H3. The summed E-state index contributed by atoms with van der Waals surface area (Å²) in [6, 6.07) is 3.06. The maximum absolute atomic E-state index is 13.2. The van der Waals surface area contributed by atoms with Crippen LogP contribution in [0.25, 0.3) is 0 Å². The van der Waals surface area contributed by atoms with Crippen LogP contribution in [0.3, 0.4) is 0 Å². The van der Waals surface area contributed by atoms with Gasteiger partial charge in [0.15, 0.2) is 5.78 Å². The number of piperidine rings is 1. The molecule has 0 radical (unpaired) electrons. The van der Waals surface area contributed by atoms with Gasteiger partial charge in [-0.25, -0.2) is 17.6 Å². The van der Waals surface area contributed by atoms with Crippen molar-refractivity contribution in [3.63, 3.8) is 0 Å². The number of sulfonamides is 1. The van der Waals surface area contributed by atoms with Crippen molar-refractivity contribution in [2.24, 2.45) is 0 Å². The molecule has 166 valence electrons. The normalized spacial score (nSPS) is 19.2. The Bertz CT molecular complexity index is 897. The van der Waals surface area contributed by atoms with E-state index in [1.807, 2.05) is 0 Å². The number of ether oxygens (including phenoxy) is 1. The fourth-order valence-corrected chi connectivity index (χ4v) is 5.52. The number of likely N-dealkylation sites (tertiary alicyclic amines) is 1. The van der Waals surface area contributed by atoms with E-state index in [1.54, 1.807) is 9.80 Å². The second-order valence-electron chi connectivity index (χ2n) is 7.45. The minimum absolute atomic E-state index is 0.0248. The van der Waals surface area contributed by atoms with Crippen LogP contribution in [0.5, 0.6) is 0 Å². The van der Waals surface area contributed by atoms with Gasteiger partial charge >= 0.3 is 6.03 Å². The number of Topliss-reactive ketones (excluding diaryl/α,β-unsaturated/α-hetero) is 1. The molecule has 30 heavy (non-hydrogen) atoms. The van der Waals surface area contributed by atoms with Crippen LogP contribution in [-0.4, -0.2) is 86.3 Å². The number of piperazine rings is 1. The molecule has 0 unspecified atom stereocenters. The summed E-state index contributed by atoms with van der Waals surface area (Å²) in [6.45, 7) is 3.43. The van der Waals surface area contributed by atoms with Crippen molar-refractivity contribution < 1.29 is 27.1 Å². The van der Waals surface area contributed by atoms with E-state index in [1.165, 1.54) is 11.2 Å². The van der Waals surface area contributed by atoms with Gasteiger partial charge in [-0.15, -0.1) is 0 Å². The van der Waals surface area contributed by atoms with Gasteiger partial charge < -0.3 is 14.5 Å². The largest absolute Gasteiger partial charge is 0.370 e. The lowest BCUT2D eigenvalue weighted by atomic mass is 10.1. The summed E-state index contributed by atoms with van der Waals surface area (Å²) in [5.74, 6) is -0.631. The fourth-order valence-electron chi connectivity index (χ4n) is 3.59. The second kappa shape index (κ2) is 9.59. The van der Waals surface area contributed by atoms with E-state index < -0.39 is 15.8 Å². The van der Waals surface area contributed by atoms with Crippen LogP contribution in [0, 0.1) is 5.82 Å². The van der Waals surface area contributed by atoms with E-state index >= 15 is 0 Å². The van der Waals surface area contributed by atoms with Crippen molar-refractivity contribution in [2.75, 3.05) is 45.9 Å². The molecule has 0 aliphatic carbocycles. The van der Waals surface area contributed by atoms with Gasteiger partial charge in [0.1, 0.15) is 17.3 Å². The molecule has 1 aromatic carbocycles. The first-order valence-electron chi connectivity index (χ1n) is 9.78. The van der Waals surface area contributed by atoms with Gasteiger partial charge in [-0.1, -0.05) is 11.6 Å². The smallest absolute Gasteiger partial charge is 0.320 e. The van der Waals surface area contributed by atoms with E-state index in [0.29, 0.717) is 25.9 Å². The number of hydrogen-bond donors (Lipinski definition) is 0. The van der Waals surface area contributed by atoms with Gasteiger partial charge in [0, 0.05) is 39.3 Å². The van der Waals surface area contributed by atoms with Gasteiger partial charge in [-0.05, 0) is 38.0 Å². The molecular weight excluding hydrogens is 437 g/mol. The molecule has 2 amide bonds. The van der Waals surface area contributed by atoms with E-state index in [-0.39, 0.29) is 60.6 Å². The first-order valence-corrected chi connectivity index (χ1v) is 11.6. The van der Waals surface area contributed by atoms with Gasteiger partial charge in [0.2, 0.25) is 10.0 Å². The molecular formula is C19H25ClFN3O5S. The van der Waals surface area contributed by atoms with Crippen LogP contribution in [-0.2, 0) is 19.6 Å². The minimum atomic E-state index is -3.87. The fraction of sp³-hybridized carbons (Fsp3) is 0.579. The molecule has 1 aromatic rings. The number of ketones is 1. The summed E-state index contributed by atoms with van der Waals surface area (Å²) < 4.78 is 45.6. The molecule has 0 aromatic heterocycles. The summed E-state index contributed by atoms with van der Waals surface area (Å²) in [4.78, 5) is 27.0. The van der Waals surface area contributed by atoms with Crippen LogP contribution in [0.15, 0.2) is 23.1 Å². The summed E-state index contributed by atoms with van der Waals surface area (Å²) in [6.07, 6.45) is 1.30. The van der Waals surface area contributed by atoms with Crippen molar-refractivity contribution in [1.82, 2.24) is 14.1 Å². The molecule has 2 fully saturated rings. The number of carbonyl (C=O) groups excluding carboxylic acids is 2. The predicted molar refractivity (Wildman–Crippen MR) is 108 cm³/mol. The molecule has 3 rings (SSSR count). The Kier molecular flexibility index (Phi) is 7.33. The highest BCUT2D eigenvalue weighted by atomic mass is 35.5. The van der Waals surface area contributed by atoms with Gasteiger partial charge in [0.25, 0.3) is 0 Å². The van der Waals surface area contributed by atoms with Crippen molar-refractivity contribution in [3.05, 3.63) is 29.0 Å². The van der Waals surface area contributed by atoms with Crippen LogP contribution in [0.2, 0.25) is 5.02 Å². The Balaban J connectivity index is 1.53. The molecule has 2 heterocycles. The van der Waals surface area contributed by atoms with Crippen LogP contribution < -0.4 is 0 Å². The number of amides is 2. The SMILES string of the molecule is CC(=O)COC1CCN(C(=O)N2CCN(S(=O)(=O)c3ccc(F)cc3Cl)CC2)CC1. The van der Waals surface area contributed by atoms with Crippen LogP contribution in [0.4, 0.5) is 9.18 Å². The zero-order chi connectivity index (χ0) is 21.9. The number of carbonyl (C=O) groups is 2. The Morgan fingerprint density at radius 2 is 1.70 bits per heavy atom. The number of urea groups is 1. The third kappa shape index (κ3) is 5.29. The second-order valence-corrected chi connectivity index (χ2v) is 9.76. The van der Waals surface area contributed by atoms with Crippen molar-refractivity contribution >= 4 is 33.4 Å². The number of hydrogen-bond acceptors (Lipinski definition) is 5. The lowest BCUT2D eigenvalue weighted by molar-refractivity contribution is -0.124. The average Bonchev–Trinajstić information content (AvgIpc) is 2.72. The minimum Gasteiger partial charge on any atom is -0.370 e. The Morgan fingerprint density at radius 1 is 1.10 bits per heavy atom. The first kappa shape index (κ1) is 22.9. The highest BCUT2D eigenvalue weighted by Gasteiger charge is 2.34. The molecule has 8 nitrogen and oxygen atoms in total. The summed E-state index contributed by atoms with van der Waals surface area (Å²) in [5.41, 5.74) is 0. The third-order valence-electron chi connectivity index (χ3n) is 5.26. The first-order chi connectivity index (χ1) is 14.2. The molecule has 0 N–H and O–H groups in total. The van der Waals surface area contributed by atoms with Crippen LogP contribution >= 0.6 is 11.6 Å². The average molecular weight is 462 g/mol. The van der Waals surface area contributed by atoms with E-state index in [4.69, 9.17) is 16.3 Å². The van der Waals surface area contributed by atoms with E-state index in [9.17, 15) is 22.4 Å². The number of nitrogens with zero attached hydrogens (tertiary/aromatic N) is 3. The molecule has 2 aliphatic rings. The topological polar surface area (TPSA) is 87.2 Å². The maximum atomic E-state index is 13.2. The van der Waals surface area contributed by atoms with Crippen molar-refractivity contribution in [2.45, 2.75) is 30.8 Å². The molecule has 11 heteroatoms. The molecule has 2 saturated heterocycles. The predicted octanol–water partition coefficient (Wildman–Crippen LogP) is 1.98. The maximum Gasteiger partial charge on any atom is 0.320 e. The summed E-state index contributed by atoms with van der Waals surface area (Å²) in [7, 11) is -3.87. The quantitative estimate of drug-likeness (QED) is 0.669. The lowest BCUT2D eigenvalue weighted by Gasteiger charge is -2.39. The number of rotatable bonds is 5. The number of halogens is 2. The Labute approximate surface area is 180 Å². The molecule has 0 atom stereocenters. The summed E-state index contributed by atoms with van der Waals surface area (Å²) >= 11 is 5.92. The molecule has 0 bridgehead atoms. The third-order valence-corrected chi connectivity index (χ3v) is 7.64. The monoisotopic (exact) mass is 461 g/mol. The van der Waals surface area contributed by atoms with Gasteiger partial charge in [0.05, 0.1) is 11.1 Å². The highest BCUT2D eigenvalue weighted by Crippen LogP contribution is 2.26. The van der Waals surface area contributed by atoms with Crippen molar-refractivity contribution in [1.29, 1.82) is 0 Å². The van der Waals surface area contributed by atoms with Crippen molar-refractivity contribution in [3.8, 4) is 0 Å². The molecule has 0 spiro atoms.